The van der Waals surface area contributed by atoms with Crippen molar-refractivity contribution in [1.82, 2.24) is 15.2 Å². The van der Waals surface area contributed by atoms with E-state index in [-0.39, 0.29) is 24.4 Å². The average molecular weight is 577 g/mol. The van der Waals surface area contributed by atoms with E-state index in [0.717, 1.165) is 22.2 Å². The number of furan rings is 1. The second kappa shape index (κ2) is 11.8. The Labute approximate surface area is 248 Å². The standard InChI is InChI=1S/C33H28N4O4S/c1-40-32(39)24-13-5-4-12-23(24)27-16-17-28(41-27)31-30(26-14-6-7-19-34-26)36-33(42)37(31)20-18-29(38)35-25-15-8-10-21-9-2-3-11-22(21)25/h2-17,19,30-31H,18,20H2,1H3,(H,35,38)(H,36,42)/t30-,31+/m1/s1. The van der Waals surface area contributed by atoms with Gasteiger partial charge >= 0.3 is 5.97 Å². The maximum absolute atomic E-state index is 13.2. The van der Waals surface area contributed by atoms with Gasteiger partial charge in [-0.2, -0.15) is 0 Å². The maximum Gasteiger partial charge on any atom is 0.338 e. The second-order valence-electron chi connectivity index (χ2n) is 9.88. The van der Waals surface area contributed by atoms with Crippen LogP contribution < -0.4 is 10.6 Å². The number of fused-ring (bicyclic) bond motifs is 1. The highest BCUT2D eigenvalue weighted by Gasteiger charge is 2.41. The van der Waals surface area contributed by atoms with E-state index >= 15 is 0 Å². The summed E-state index contributed by atoms with van der Waals surface area (Å²) in [6.07, 6.45) is 1.94. The van der Waals surface area contributed by atoms with Gasteiger partial charge in [0.2, 0.25) is 5.91 Å². The molecule has 210 valence electrons. The number of benzene rings is 3. The van der Waals surface area contributed by atoms with Crippen molar-refractivity contribution in [3.05, 3.63) is 120 Å². The van der Waals surface area contributed by atoms with Crippen LogP contribution in [0.15, 0.2) is 108 Å². The molecule has 1 saturated heterocycles. The van der Waals surface area contributed by atoms with Gasteiger partial charge in [0.15, 0.2) is 5.11 Å². The van der Waals surface area contributed by atoms with E-state index in [1.165, 1.54) is 7.11 Å². The summed E-state index contributed by atoms with van der Waals surface area (Å²) < 4.78 is 11.4. The summed E-state index contributed by atoms with van der Waals surface area (Å²) in [5.74, 6) is 0.582. The van der Waals surface area contributed by atoms with Crippen LogP contribution in [0.5, 0.6) is 0 Å². The minimum Gasteiger partial charge on any atom is -0.465 e. The summed E-state index contributed by atoms with van der Waals surface area (Å²) in [7, 11) is 1.35. The molecule has 6 rings (SSSR count). The van der Waals surface area contributed by atoms with E-state index in [0.29, 0.717) is 34.3 Å². The molecule has 5 aromatic rings. The van der Waals surface area contributed by atoms with Gasteiger partial charge in [-0.1, -0.05) is 60.7 Å². The molecule has 2 N–H and O–H groups in total. The molecule has 0 saturated carbocycles. The SMILES string of the molecule is COC(=O)c1ccccc1-c1ccc([C@H]2[C@@H](c3ccccn3)NC(=S)N2CCC(=O)Nc2cccc3ccccc23)o1. The first kappa shape index (κ1) is 27.2. The Morgan fingerprint density at radius 2 is 1.76 bits per heavy atom. The number of esters is 1. The Kier molecular flexibility index (Phi) is 7.66. The molecule has 8 nitrogen and oxygen atoms in total. The van der Waals surface area contributed by atoms with Crippen LogP contribution >= 0.6 is 12.2 Å². The monoisotopic (exact) mass is 576 g/mol. The summed E-state index contributed by atoms with van der Waals surface area (Å²) in [6, 6.07) is 29.7. The molecule has 1 aliphatic rings. The molecular formula is C33H28N4O4S. The topological polar surface area (TPSA) is 96.7 Å². The Hall–Kier alpha value is -5.02. The molecule has 9 heteroatoms. The van der Waals surface area contributed by atoms with Gasteiger partial charge in [0.1, 0.15) is 17.6 Å². The van der Waals surface area contributed by atoms with Gasteiger partial charge in [0.05, 0.1) is 24.4 Å². The normalized spacial score (nSPS) is 16.3. The number of nitrogens with one attached hydrogen (secondary N) is 2. The number of hydrogen-bond acceptors (Lipinski definition) is 6. The fourth-order valence-corrected chi connectivity index (χ4v) is 5.70. The summed E-state index contributed by atoms with van der Waals surface area (Å²) >= 11 is 5.76. The lowest BCUT2D eigenvalue weighted by Crippen LogP contribution is -2.32. The zero-order valence-corrected chi connectivity index (χ0v) is 23.6. The quantitative estimate of drug-likeness (QED) is 0.165. The number of carbonyl (C=O) groups is 2. The van der Waals surface area contributed by atoms with Crippen molar-refractivity contribution >= 4 is 45.7 Å². The molecule has 1 fully saturated rings. The maximum atomic E-state index is 13.2. The van der Waals surface area contributed by atoms with E-state index in [9.17, 15) is 9.59 Å². The molecule has 3 aromatic carbocycles. The van der Waals surface area contributed by atoms with Gasteiger partial charge in [0.25, 0.3) is 0 Å². The fourth-order valence-electron chi connectivity index (χ4n) is 5.37. The molecule has 0 unspecified atom stereocenters. The van der Waals surface area contributed by atoms with Gasteiger partial charge < -0.3 is 24.7 Å². The lowest BCUT2D eigenvalue weighted by Gasteiger charge is -2.26. The number of carbonyl (C=O) groups excluding carboxylic acids is 2. The molecule has 0 radical (unpaired) electrons. The predicted molar refractivity (Wildman–Crippen MR) is 165 cm³/mol. The van der Waals surface area contributed by atoms with Crippen molar-refractivity contribution in [2.75, 3.05) is 19.0 Å². The second-order valence-corrected chi connectivity index (χ2v) is 10.3. The number of thiocarbonyl (C=S) groups is 1. The lowest BCUT2D eigenvalue weighted by molar-refractivity contribution is -0.116. The van der Waals surface area contributed by atoms with Crippen LogP contribution in [0.2, 0.25) is 0 Å². The molecule has 3 heterocycles. The highest BCUT2D eigenvalue weighted by Crippen LogP contribution is 2.41. The number of methoxy groups -OCH3 is 1. The molecule has 2 aromatic heterocycles. The first-order valence-electron chi connectivity index (χ1n) is 13.6. The van der Waals surface area contributed by atoms with Crippen molar-refractivity contribution in [2.24, 2.45) is 0 Å². The molecule has 1 aliphatic heterocycles. The highest BCUT2D eigenvalue weighted by atomic mass is 32.1. The smallest absolute Gasteiger partial charge is 0.338 e. The number of ether oxygens (including phenoxy) is 1. The van der Waals surface area contributed by atoms with Crippen LogP contribution in [0, 0.1) is 0 Å². The largest absolute Gasteiger partial charge is 0.465 e. The number of hydrogen-bond donors (Lipinski definition) is 2. The van der Waals surface area contributed by atoms with Gasteiger partial charge in [0, 0.05) is 35.8 Å². The van der Waals surface area contributed by atoms with Crippen LogP contribution in [0.25, 0.3) is 22.1 Å². The van der Waals surface area contributed by atoms with Crippen molar-refractivity contribution in [2.45, 2.75) is 18.5 Å². The number of nitrogens with zero attached hydrogens (tertiary/aromatic N) is 2. The van der Waals surface area contributed by atoms with Crippen LogP contribution in [0.3, 0.4) is 0 Å². The van der Waals surface area contributed by atoms with Crippen LogP contribution in [0.4, 0.5) is 5.69 Å². The van der Waals surface area contributed by atoms with Crippen LogP contribution in [0.1, 0.15) is 40.3 Å². The van der Waals surface area contributed by atoms with Crippen molar-refractivity contribution in [3.8, 4) is 11.3 Å². The molecule has 42 heavy (non-hydrogen) atoms. The van der Waals surface area contributed by atoms with E-state index in [1.807, 2.05) is 89.8 Å². The van der Waals surface area contributed by atoms with Crippen LogP contribution in [-0.2, 0) is 9.53 Å². The molecule has 0 spiro atoms. The Balaban J connectivity index is 1.28. The number of aromatic nitrogens is 1. The number of pyridine rings is 1. The summed E-state index contributed by atoms with van der Waals surface area (Å²) in [5.41, 5.74) is 2.59. The van der Waals surface area contributed by atoms with Gasteiger partial charge in [-0.15, -0.1) is 0 Å². The number of rotatable bonds is 8. The minimum absolute atomic E-state index is 0.124. The lowest BCUT2D eigenvalue weighted by atomic mass is 10.0. The first-order chi connectivity index (χ1) is 20.5. The van der Waals surface area contributed by atoms with Gasteiger partial charge in [-0.05, 0) is 54.0 Å². The predicted octanol–water partition coefficient (Wildman–Crippen LogP) is 6.28. The first-order valence-corrected chi connectivity index (χ1v) is 14.0. The van der Waals surface area contributed by atoms with Gasteiger partial charge in [-0.25, -0.2) is 4.79 Å². The third-order valence-electron chi connectivity index (χ3n) is 7.36. The number of anilines is 1. The van der Waals surface area contributed by atoms with Crippen LogP contribution in [-0.4, -0.2) is 40.5 Å². The van der Waals surface area contributed by atoms with E-state index < -0.39 is 5.97 Å². The third-order valence-corrected chi connectivity index (χ3v) is 7.71. The zero-order chi connectivity index (χ0) is 29.1. The van der Waals surface area contributed by atoms with E-state index in [1.54, 1.807) is 18.3 Å². The third kappa shape index (κ3) is 5.34. The van der Waals surface area contributed by atoms with Crippen molar-refractivity contribution in [3.63, 3.8) is 0 Å². The molecule has 2 atom stereocenters. The molecule has 0 bridgehead atoms. The Morgan fingerprint density at radius 1 is 0.976 bits per heavy atom. The Bertz CT molecular complexity index is 1770. The van der Waals surface area contributed by atoms with E-state index in [4.69, 9.17) is 21.4 Å². The molecule has 1 amide bonds. The average Bonchev–Trinajstić information content (AvgIpc) is 3.64. The summed E-state index contributed by atoms with van der Waals surface area (Å²) in [4.78, 5) is 32.1. The van der Waals surface area contributed by atoms with Crippen molar-refractivity contribution < 1.29 is 18.7 Å². The van der Waals surface area contributed by atoms with E-state index in [2.05, 4.69) is 15.6 Å². The highest BCUT2D eigenvalue weighted by molar-refractivity contribution is 7.80. The number of amides is 1. The minimum atomic E-state index is -0.447. The molecular weight excluding hydrogens is 548 g/mol. The summed E-state index contributed by atoms with van der Waals surface area (Å²) in [5, 5.41) is 8.98. The fraction of sp³-hybridized carbons (Fsp3) is 0.152. The summed E-state index contributed by atoms with van der Waals surface area (Å²) in [6.45, 7) is 0.352. The zero-order valence-electron chi connectivity index (χ0n) is 22.8. The van der Waals surface area contributed by atoms with Gasteiger partial charge in [-0.3, -0.25) is 9.78 Å². The Morgan fingerprint density at radius 3 is 2.60 bits per heavy atom. The van der Waals surface area contributed by atoms with Crippen molar-refractivity contribution in [1.29, 1.82) is 0 Å². The molecule has 0 aliphatic carbocycles.